The molecule has 1 aliphatic heterocycles. The van der Waals surface area contributed by atoms with Crippen LogP contribution in [0.3, 0.4) is 0 Å². The van der Waals surface area contributed by atoms with E-state index in [2.05, 4.69) is 0 Å². The second-order valence-corrected chi connectivity index (χ2v) is 6.64. The number of carbonyl (C=O) groups is 1. The molecule has 1 atom stereocenters. The molecule has 7 nitrogen and oxygen atoms in total. The van der Waals surface area contributed by atoms with Crippen molar-refractivity contribution >= 4 is 16.0 Å². The van der Waals surface area contributed by atoms with Crippen molar-refractivity contribution in [3.8, 4) is 0 Å². The third-order valence-corrected chi connectivity index (χ3v) is 5.24. The molecule has 1 saturated heterocycles. The smallest absolute Gasteiger partial charge is 0.340 e. The Morgan fingerprint density at radius 3 is 2.55 bits per heavy atom. The van der Waals surface area contributed by atoms with Gasteiger partial charge in [-0.15, -0.1) is 0 Å². The Morgan fingerprint density at radius 1 is 1.35 bits per heavy atom. The minimum absolute atomic E-state index is 0.0925. The Labute approximate surface area is 117 Å². The van der Waals surface area contributed by atoms with Gasteiger partial charge in [0.1, 0.15) is 22.0 Å². The fourth-order valence-electron chi connectivity index (χ4n) is 2.36. The van der Waals surface area contributed by atoms with Gasteiger partial charge >= 0.3 is 5.97 Å². The van der Waals surface area contributed by atoms with Crippen molar-refractivity contribution in [2.24, 2.45) is 0 Å². The van der Waals surface area contributed by atoms with Crippen molar-refractivity contribution in [2.75, 3.05) is 19.7 Å². The highest BCUT2D eigenvalue weighted by molar-refractivity contribution is 7.89. The molecule has 1 fully saturated rings. The summed E-state index contributed by atoms with van der Waals surface area (Å²) in [5.74, 6) is -1.12. The summed E-state index contributed by atoms with van der Waals surface area (Å²) in [5.41, 5.74) is -0.290. The molecule has 20 heavy (non-hydrogen) atoms. The maximum Gasteiger partial charge on any atom is 0.340 e. The minimum Gasteiger partial charge on any atom is -0.478 e. The molecule has 0 bridgehead atoms. The average Bonchev–Trinajstić information content (AvgIpc) is 2.64. The summed E-state index contributed by atoms with van der Waals surface area (Å²) in [6, 6.07) is 0. The first-order valence-electron chi connectivity index (χ1n) is 6.20. The molecule has 0 saturated carbocycles. The van der Waals surface area contributed by atoms with Crippen LogP contribution in [0.4, 0.5) is 0 Å². The highest BCUT2D eigenvalue weighted by Crippen LogP contribution is 2.30. The predicted octanol–water partition coefficient (Wildman–Crippen LogP) is 1.00. The van der Waals surface area contributed by atoms with E-state index in [9.17, 15) is 18.3 Å². The molecule has 2 heterocycles. The van der Waals surface area contributed by atoms with Gasteiger partial charge < -0.3 is 14.3 Å². The van der Waals surface area contributed by atoms with E-state index in [-0.39, 0.29) is 41.2 Å². The van der Waals surface area contributed by atoms with Gasteiger partial charge in [0, 0.05) is 13.1 Å². The molecule has 0 spiro atoms. The first-order valence-corrected chi connectivity index (χ1v) is 7.64. The molecule has 8 heteroatoms. The number of rotatable bonds is 3. The van der Waals surface area contributed by atoms with E-state index < -0.39 is 16.0 Å². The number of hydrogen-bond acceptors (Lipinski definition) is 5. The molecular formula is C12H17NO6S. The normalized spacial score (nSPS) is 21.1. The van der Waals surface area contributed by atoms with Gasteiger partial charge in [0.2, 0.25) is 10.0 Å². The molecule has 1 aliphatic rings. The van der Waals surface area contributed by atoms with Crippen molar-refractivity contribution < 1.29 is 27.5 Å². The zero-order valence-electron chi connectivity index (χ0n) is 11.5. The van der Waals surface area contributed by atoms with Crippen LogP contribution in [0.15, 0.2) is 9.31 Å². The molecule has 1 N–H and O–H groups in total. The van der Waals surface area contributed by atoms with Crippen LogP contribution in [0, 0.1) is 13.8 Å². The molecule has 0 aromatic carbocycles. The van der Waals surface area contributed by atoms with Crippen LogP contribution in [-0.2, 0) is 14.8 Å². The van der Waals surface area contributed by atoms with Gasteiger partial charge in [-0.05, 0) is 20.8 Å². The summed E-state index contributed by atoms with van der Waals surface area (Å²) < 4.78 is 37.0. The van der Waals surface area contributed by atoms with Gasteiger partial charge in [0.05, 0.1) is 12.7 Å². The second-order valence-electron chi connectivity index (χ2n) is 4.77. The number of carboxylic acid groups (broad SMARTS) is 1. The van der Waals surface area contributed by atoms with Crippen molar-refractivity contribution in [2.45, 2.75) is 31.8 Å². The number of carboxylic acids is 1. The predicted molar refractivity (Wildman–Crippen MR) is 69.3 cm³/mol. The summed E-state index contributed by atoms with van der Waals surface area (Å²) in [5, 5.41) is 9.21. The molecular weight excluding hydrogens is 286 g/mol. The van der Waals surface area contributed by atoms with E-state index in [0.717, 1.165) is 0 Å². The second kappa shape index (κ2) is 5.19. The van der Waals surface area contributed by atoms with Crippen molar-refractivity contribution in [1.82, 2.24) is 4.31 Å². The summed E-state index contributed by atoms with van der Waals surface area (Å²) >= 11 is 0. The summed E-state index contributed by atoms with van der Waals surface area (Å²) in [7, 11) is -3.90. The molecule has 1 aromatic rings. The first-order chi connectivity index (χ1) is 9.25. The summed E-state index contributed by atoms with van der Waals surface area (Å²) in [6.45, 7) is 5.36. The largest absolute Gasteiger partial charge is 0.478 e. The monoisotopic (exact) mass is 303 g/mol. The molecule has 1 unspecified atom stereocenters. The van der Waals surface area contributed by atoms with E-state index in [1.165, 1.54) is 18.2 Å². The maximum atomic E-state index is 12.6. The third-order valence-electron chi connectivity index (χ3n) is 3.22. The lowest BCUT2D eigenvalue weighted by Crippen LogP contribution is -2.44. The van der Waals surface area contributed by atoms with Crippen molar-refractivity contribution in [3.05, 3.63) is 17.1 Å². The van der Waals surface area contributed by atoms with Gasteiger partial charge in [0.15, 0.2) is 0 Å². The molecule has 2 rings (SSSR count). The number of aromatic carboxylic acids is 1. The van der Waals surface area contributed by atoms with Crippen molar-refractivity contribution in [1.29, 1.82) is 0 Å². The molecule has 0 radical (unpaired) electrons. The summed E-state index contributed by atoms with van der Waals surface area (Å²) in [4.78, 5) is 11.0. The highest BCUT2D eigenvalue weighted by atomic mass is 32.2. The van der Waals surface area contributed by atoms with Gasteiger partial charge in [-0.2, -0.15) is 4.31 Å². The zero-order valence-corrected chi connectivity index (χ0v) is 12.4. The van der Waals surface area contributed by atoms with E-state index in [4.69, 9.17) is 9.15 Å². The number of ether oxygens (including phenoxy) is 1. The van der Waals surface area contributed by atoms with Crippen LogP contribution >= 0.6 is 0 Å². The van der Waals surface area contributed by atoms with E-state index >= 15 is 0 Å². The molecule has 1 aromatic heterocycles. The third kappa shape index (κ3) is 2.46. The van der Waals surface area contributed by atoms with Crippen LogP contribution in [0.2, 0.25) is 0 Å². The lowest BCUT2D eigenvalue weighted by atomic mass is 10.2. The fraction of sp³-hybridized carbons (Fsp3) is 0.583. The molecule has 0 amide bonds. The Morgan fingerprint density at radius 2 is 2.00 bits per heavy atom. The fourth-order valence-corrected chi connectivity index (χ4v) is 4.23. The Hall–Kier alpha value is -1.38. The van der Waals surface area contributed by atoms with Gasteiger partial charge in [-0.25, -0.2) is 13.2 Å². The molecule has 0 aliphatic carbocycles. The Kier molecular flexibility index (Phi) is 3.90. The van der Waals surface area contributed by atoms with Gasteiger partial charge in [-0.3, -0.25) is 0 Å². The Bertz CT molecular complexity index is 633. The topological polar surface area (TPSA) is 97.0 Å². The Balaban J connectivity index is 2.52. The van der Waals surface area contributed by atoms with E-state index in [1.807, 2.05) is 0 Å². The van der Waals surface area contributed by atoms with Crippen LogP contribution < -0.4 is 0 Å². The van der Waals surface area contributed by atoms with Gasteiger partial charge in [0.25, 0.3) is 0 Å². The van der Waals surface area contributed by atoms with E-state index in [0.29, 0.717) is 6.61 Å². The highest BCUT2D eigenvalue weighted by Gasteiger charge is 2.36. The average molecular weight is 303 g/mol. The van der Waals surface area contributed by atoms with Crippen LogP contribution in [0.25, 0.3) is 0 Å². The number of sulfonamides is 1. The molecule has 112 valence electrons. The number of furan rings is 1. The van der Waals surface area contributed by atoms with Gasteiger partial charge in [-0.1, -0.05) is 0 Å². The standard InChI is InChI=1S/C12H17NO6S/c1-7-6-13(4-5-18-7)20(16,17)11-9(3)19-8(2)10(11)12(14)15/h7H,4-6H2,1-3H3,(H,14,15). The lowest BCUT2D eigenvalue weighted by molar-refractivity contribution is 0.0101. The number of nitrogens with zero attached hydrogens (tertiary/aromatic N) is 1. The quantitative estimate of drug-likeness (QED) is 0.895. The lowest BCUT2D eigenvalue weighted by Gasteiger charge is -2.30. The summed E-state index contributed by atoms with van der Waals surface area (Å²) in [6.07, 6.45) is -0.222. The number of hydrogen-bond donors (Lipinski definition) is 1. The zero-order chi connectivity index (χ0) is 15.1. The van der Waals surface area contributed by atoms with Crippen LogP contribution in [0.1, 0.15) is 28.8 Å². The minimum atomic E-state index is -3.90. The SMILES string of the molecule is Cc1oc(C)c(S(=O)(=O)N2CCOC(C)C2)c1C(=O)O. The van der Waals surface area contributed by atoms with Crippen LogP contribution in [0.5, 0.6) is 0 Å². The first kappa shape index (κ1) is 15.0. The van der Waals surface area contributed by atoms with Crippen LogP contribution in [-0.4, -0.2) is 49.6 Å². The maximum absolute atomic E-state index is 12.6. The number of aryl methyl sites for hydroxylation is 2. The number of morpholine rings is 1. The van der Waals surface area contributed by atoms with Crippen molar-refractivity contribution in [3.63, 3.8) is 0 Å². The van der Waals surface area contributed by atoms with E-state index in [1.54, 1.807) is 6.92 Å².